The Hall–Kier alpha value is -2.11. The lowest BCUT2D eigenvalue weighted by Gasteiger charge is -2.09. The summed E-state index contributed by atoms with van der Waals surface area (Å²) in [5.41, 5.74) is 0.245. The normalized spacial score (nSPS) is 9.89. The summed E-state index contributed by atoms with van der Waals surface area (Å²) in [5.74, 6) is 0.237. The molecule has 18 heavy (non-hydrogen) atoms. The highest BCUT2D eigenvalue weighted by molar-refractivity contribution is 5.92. The predicted octanol–water partition coefficient (Wildman–Crippen LogP) is 2.73. The molecule has 1 aromatic rings. The van der Waals surface area contributed by atoms with Gasteiger partial charge in [0.1, 0.15) is 5.75 Å². The Morgan fingerprint density at radius 3 is 2.78 bits per heavy atom. The molecule has 0 spiro atoms. The summed E-state index contributed by atoms with van der Waals surface area (Å²) in [5, 5.41) is 13.3. The quantitative estimate of drug-likeness (QED) is 0.623. The number of methoxy groups -OCH3 is 1. The fourth-order valence-electron chi connectivity index (χ4n) is 1.46. The number of hydrogen-bond donors (Lipinski definition) is 1. The van der Waals surface area contributed by atoms with Gasteiger partial charge >= 0.3 is 0 Å². The zero-order valence-electron chi connectivity index (χ0n) is 10.4. The SMILES string of the molecule is CCCCC(=O)Nc1cc([N+](=O)[O-])ccc1OC. The molecule has 1 N–H and O–H groups in total. The molecular formula is C12H16N2O4. The van der Waals surface area contributed by atoms with Gasteiger partial charge in [0.05, 0.1) is 17.7 Å². The van der Waals surface area contributed by atoms with Gasteiger partial charge < -0.3 is 10.1 Å². The first-order valence-corrected chi connectivity index (χ1v) is 5.70. The van der Waals surface area contributed by atoms with E-state index >= 15 is 0 Å². The van der Waals surface area contributed by atoms with Crippen molar-refractivity contribution in [3.05, 3.63) is 28.3 Å². The summed E-state index contributed by atoms with van der Waals surface area (Å²) in [6.07, 6.45) is 2.09. The first-order chi connectivity index (χ1) is 8.58. The van der Waals surface area contributed by atoms with E-state index in [0.717, 1.165) is 12.8 Å². The Labute approximate surface area is 105 Å². The number of hydrogen-bond acceptors (Lipinski definition) is 4. The van der Waals surface area contributed by atoms with Crippen LogP contribution in [0.5, 0.6) is 5.75 Å². The van der Waals surface area contributed by atoms with Crippen molar-refractivity contribution in [1.82, 2.24) is 0 Å². The van der Waals surface area contributed by atoms with Crippen LogP contribution in [0.1, 0.15) is 26.2 Å². The average molecular weight is 252 g/mol. The van der Waals surface area contributed by atoms with E-state index in [4.69, 9.17) is 4.74 Å². The second kappa shape index (κ2) is 6.58. The van der Waals surface area contributed by atoms with E-state index in [9.17, 15) is 14.9 Å². The largest absolute Gasteiger partial charge is 0.495 e. The molecule has 98 valence electrons. The molecule has 1 aromatic carbocycles. The maximum Gasteiger partial charge on any atom is 0.271 e. The lowest BCUT2D eigenvalue weighted by molar-refractivity contribution is -0.384. The number of benzene rings is 1. The molecule has 6 nitrogen and oxygen atoms in total. The molecule has 0 heterocycles. The molecule has 0 saturated carbocycles. The molecule has 1 rings (SSSR count). The third-order valence-corrected chi connectivity index (χ3v) is 2.43. The fourth-order valence-corrected chi connectivity index (χ4v) is 1.46. The molecule has 0 fully saturated rings. The van der Waals surface area contributed by atoms with Crippen LogP contribution in [-0.2, 0) is 4.79 Å². The summed E-state index contributed by atoms with van der Waals surface area (Å²) < 4.78 is 5.05. The molecule has 0 unspecified atom stereocenters. The number of nitro groups is 1. The second-order valence-electron chi connectivity index (χ2n) is 3.79. The van der Waals surface area contributed by atoms with Crippen LogP contribution < -0.4 is 10.1 Å². The van der Waals surface area contributed by atoms with Crippen LogP contribution in [0.2, 0.25) is 0 Å². The summed E-state index contributed by atoms with van der Waals surface area (Å²) >= 11 is 0. The first-order valence-electron chi connectivity index (χ1n) is 5.70. The zero-order chi connectivity index (χ0) is 13.5. The number of carbonyl (C=O) groups excluding carboxylic acids is 1. The Bertz CT molecular complexity index is 446. The summed E-state index contributed by atoms with van der Waals surface area (Å²) in [6.45, 7) is 1.99. The van der Waals surface area contributed by atoms with Crippen LogP contribution in [0.3, 0.4) is 0 Å². The Morgan fingerprint density at radius 1 is 1.50 bits per heavy atom. The molecule has 0 radical (unpaired) electrons. The van der Waals surface area contributed by atoms with Crippen molar-refractivity contribution in [2.45, 2.75) is 26.2 Å². The number of non-ortho nitro benzene ring substituents is 1. The van der Waals surface area contributed by atoms with Crippen LogP contribution in [0.25, 0.3) is 0 Å². The van der Waals surface area contributed by atoms with Crippen LogP contribution in [0.15, 0.2) is 18.2 Å². The molecular weight excluding hydrogens is 236 g/mol. The van der Waals surface area contributed by atoms with Crippen molar-refractivity contribution < 1.29 is 14.5 Å². The number of anilines is 1. The van der Waals surface area contributed by atoms with E-state index in [0.29, 0.717) is 17.9 Å². The molecule has 1 amide bonds. The Kier molecular flexibility index (Phi) is 5.10. The van der Waals surface area contributed by atoms with Crippen LogP contribution in [0.4, 0.5) is 11.4 Å². The van der Waals surface area contributed by atoms with Gasteiger partial charge in [-0.2, -0.15) is 0 Å². The molecule has 0 aromatic heterocycles. The lowest BCUT2D eigenvalue weighted by atomic mass is 10.2. The standard InChI is InChI=1S/C12H16N2O4/c1-3-4-5-12(15)13-10-8-9(14(16)17)6-7-11(10)18-2/h6-8H,3-5H2,1-2H3,(H,13,15). The van der Waals surface area contributed by atoms with Gasteiger partial charge in [0.2, 0.25) is 5.91 Å². The monoisotopic (exact) mass is 252 g/mol. The highest BCUT2D eigenvalue weighted by Crippen LogP contribution is 2.28. The van der Waals surface area contributed by atoms with E-state index in [2.05, 4.69) is 5.32 Å². The van der Waals surface area contributed by atoms with Crippen molar-refractivity contribution in [1.29, 1.82) is 0 Å². The molecule has 6 heteroatoms. The molecule has 0 aliphatic heterocycles. The number of ether oxygens (including phenoxy) is 1. The van der Waals surface area contributed by atoms with Crippen molar-refractivity contribution in [3.63, 3.8) is 0 Å². The van der Waals surface area contributed by atoms with Gasteiger partial charge in [-0.15, -0.1) is 0 Å². The number of carbonyl (C=O) groups is 1. The van der Waals surface area contributed by atoms with Gasteiger partial charge in [-0.1, -0.05) is 13.3 Å². The molecule has 0 saturated heterocycles. The fraction of sp³-hybridized carbons (Fsp3) is 0.417. The van der Waals surface area contributed by atoms with E-state index in [1.165, 1.54) is 25.3 Å². The number of unbranched alkanes of at least 4 members (excludes halogenated alkanes) is 1. The third-order valence-electron chi connectivity index (χ3n) is 2.43. The Morgan fingerprint density at radius 2 is 2.22 bits per heavy atom. The molecule has 0 aliphatic rings. The highest BCUT2D eigenvalue weighted by atomic mass is 16.6. The average Bonchev–Trinajstić information content (AvgIpc) is 2.36. The third kappa shape index (κ3) is 3.73. The minimum absolute atomic E-state index is 0.0819. The smallest absolute Gasteiger partial charge is 0.271 e. The minimum Gasteiger partial charge on any atom is -0.495 e. The number of nitrogens with zero attached hydrogens (tertiary/aromatic N) is 1. The first kappa shape index (κ1) is 14.0. The van der Waals surface area contributed by atoms with E-state index in [1.54, 1.807) is 0 Å². The van der Waals surface area contributed by atoms with Crippen molar-refractivity contribution in [3.8, 4) is 5.75 Å². The van der Waals surface area contributed by atoms with Gasteiger partial charge in [-0.25, -0.2) is 0 Å². The number of rotatable bonds is 6. The Balaban J connectivity index is 2.87. The van der Waals surface area contributed by atoms with Crippen molar-refractivity contribution >= 4 is 17.3 Å². The van der Waals surface area contributed by atoms with Crippen LogP contribution >= 0.6 is 0 Å². The maximum atomic E-state index is 11.6. The number of nitrogens with one attached hydrogen (secondary N) is 1. The van der Waals surface area contributed by atoms with Crippen molar-refractivity contribution in [2.75, 3.05) is 12.4 Å². The van der Waals surface area contributed by atoms with Crippen molar-refractivity contribution in [2.24, 2.45) is 0 Å². The lowest BCUT2D eigenvalue weighted by Crippen LogP contribution is -2.12. The van der Waals surface area contributed by atoms with Crippen LogP contribution in [-0.4, -0.2) is 17.9 Å². The van der Waals surface area contributed by atoms with E-state index in [1.807, 2.05) is 6.92 Å². The molecule has 0 atom stereocenters. The second-order valence-corrected chi connectivity index (χ2v) is 3.79. The van der Waals surface area contributed by atoms with Gasteiger partial charge in [0.25, 0.3) is 5.69 Å². The van der Waals surface area contributed by atoms with Gasteiger partial charge in [0, 0.05) is 18.6 Å². The predicted molar refractivity (Wildman–Crippen MR) is 67.8 cm³/mol. The topological polar surface area (TPSA) is 81.5 Å². The highest BCUT2D eigenvalue weighted by Gasteiger charge is 2.13. The molecule has 0 aliphatic carbocycles. The summed E-state index contributed by atoms with van der Waals surface area (Å²) in [7, 11) is 1.45. The van der Waals surface area contributed by atoms with E-state index in [-0.39, 0.29) is 11.6 Å². The zero-order valence-corrected chi connectivity index (χ0v) is 10.4. The van der Waals surface area contributed by atoms with Gasteiger partial charge in [-0.3, -0.25) is 14.9 Å². The molecule has 0 bridgehead atoms. The number of amides is 1. The number of nitro benzene ring substituents is 1. The minimum atomic E-state index is -0.513. The van der Waals surface area contributed by atoms with E-state index < -0.39 is 4.92 Å². The maximum absolute atomic E-state index is 11.6. The summed E-state index contributed by atoms with van der Waals surface area (Å²) in [6, 6.07) is 4.09. The summed E-state index contributed by atoms with van der Waals surface area (Å²) in [4.78, 5) is 21.7. The van der Waals surface area contributed by atoms with Crippen LogP contribution in [0, 0.1) is 10.1 Å². The van der Waals surface area contributed by atoms with Gasteiger partial charge in [0.15, 0.2) is 0 Å². The van der Waals surface area contributed by atoms with Gasteiger partial charge in [-0.05, 0) is 12.5 Å².